The van der Waals surface area contributed by atoms with Gasteiger partial charge in [0.05, 0.1) is 17.6 Å². The van der Waals surface area contributed by atoms with Crippen LogP contribution in [0.5, 0.6) is 0 Å². The molecule has 3 N–H and O–H groups in total. The first-order chi connectivity index (χ1) is 8.04. The highest BCUT2D eigenvalue weighted by Crippen LogP contribution is 2.17. The van der Waals surface area contributed by atoms with Crippen molar-refractivity contribution >= 4 is 29.9 Å². The second-order valence-electron chi connectivity index (χ2n) is 2.90. The minimum absolute atomic E-state index is 0.192. The zero-order chi connectivity index (χ0) is 12.8. The second kappa shape index (κ2) is 6.14. The van der Waals surface area contributed by atoms with E-state index in [2.05, 4.69) is 27.5 Å². The molecule has 1 aromatic rings. The lowest BCUT2D eigenvalue weighted by atomic mass is 10.3. The van der Waals surface area contributed by atoms with Gasteiger partial charge in [-0.2, -0.15) is 4.39 Å². The normalized spacial score (nSPS) is 12.4. The molecule has 0 spiro atoms. The monoisotopic (exact) mass is 262 g/mol. The summed E-state index contributed by atoms with van der Waals surface area (Å²) < 4.78 is 40.2. The van der Waals surface area contributed by atoms with Gasteiger partial charge in [0.25, 0.3) is 6.43 Å². The molecule has 0 saturated carbocycles. The lowest BCUT2D eigenvalue weighted by Crippen LogP contribution is -2.06. The highest BCUT2D eigenvalue weighted by atomic mass is 32.1. The third kappa shape index (κ3) is 3.99. The van der Waals surface area contributed by atoms with Crippen molar-refractivity contribution in [2.45, 2.75) is 6.43 Å². The molecule has 0 aliphatic heterocycles. The maximum atomic E-state index is 12.7. The molecule has 17 heavy (non-hydrogen) atoms. The quantitative estimate of drug-likeness (QED) is 0.443. The molecule has 0 radical (unpaired) electrons. The van der Waals surface area contributed by atoms with E-state index >= 15 is 0 Å². The van der Waals surface area contributed by atoms with Gasteiger partial charge in [0.2, 0.25) is 5.95 Å². The van der Waals surface area contributed by atoms with Gasteiger partial charge in [0.15, 0.2) is 0 Å². The molecule has 0 aliphatic carbocycles. The first kappa shape index (κ1) is 13.4. The molecule has 0 atom stereocenters. The minimum atomic E-state index is -2.74. The molecule has 4 nitrogen and oxygen atoms in total. The predicted octanol–water partition coefficient (Wildman–Crippen LogP) is 2.28. The van der Waals surface area contributed by atoms with Crippen molar-refractivity contribution in [3.05, 3.63) is 30.5 Å². The molecule has 0 aromatic carbocycles. The summed E-state index contributed by atoms with van der Waals surface area (Å²) in [4.78, 5) is 3.32. The maximum Gasteiger partial charge on any atom is 0.281 e. The number of rotatable bonds is 4. The maximum absolute atomic E-state index is 12.7. The lowest BCUT2D eigenvalue weighted by molar-refractivity contribution is 0.227. The molecule has 8 heteroatoms. The Morgan fingerprint density at radius 1 is 1.59 bits per heavy atom. The van der Waals surface area contributed by atoms with Crippen molar-refractivity contribution in [3.8, 4) is 0 Å². The Morgan fingerprint density at radius 2 is 2.29 bits per heavy atom. The van der Waals surface area contributed by atoms with Crippen molar-refractivity contribution in [2.75, 3.05) is 11.1 Å². The Morgan fingerprint density at radius 3 is 2.88 bits per heavy atom. The van der Waals surface area contributed by atoms with Gasteiger partial charge in [-0.15, -0.1) is 0 Å². The van der Waals surface area contributed by atoms with Gasteiger partial charge in [0.1, 0.15) is 5.71 Å². The van der Waals surface area contributed by atoms with Crippen LogP contribution in [-0.4, -0.2) is 17.1 Å². The smallest absolute Gasteiger partial charge is 0.281 e. The number of alkyl halides is 2. The number of aromatic nitrogens is 1. The van der Waals surface area contributed by atoms with Crippen LogP contribution >= 0.6 is 12.8 Å². The Labute approximate surface area is 101 Å². The Hall–Kier alpha value is -1.70. The zero-order valence-electron chi connectivity index (χ0n) is 8.44. The van der Waals surface area contributed by atoms with E-state index in [1.165, 1.54) is 0 Å². The van der Waals surface area contributed by atoms with E-state index in [9.17, 15) is 13.2 Å². The molecule has 0 bridgehead atoms. The van der Waals surface area contributed by atoms with E-state index in [1.807, 2.05) is 0 Å². The first-order valence-electron chi connectivity index (χ1n) is 4.38. The van der Waals surface area contributed by atoms with Crippen molar-refractivity contribution in [1.82, 2.24) is 4.98 Å². The molecular formula is C9H9F3N4S. The van der Waals surface area contributed by atoms with Gasteiger partial charge < -0.3 is 11.1 Å². The van der Waals surface area contributed by atoms with E-state index in [4.69, 9.17) is 5.73 Å². The number of nitrogens with two attached hydrogens (primary N) is 1. The van der Waals surface area contributed by atoms with Crippen molar-refractivity contribution in [3.63, 3.8) is 0 Å². The van der Waals surface area contributed by atoms with E-state index in [1.54, 1.807) is 0 Å². The van der Waals surface area contributed by atoms with E-state index in [-0.39, 0.29) is 11.4 Å². The van der Waals surface area contributed by atoms with Crippen LogP contribution in [-0.2, 0) is 0 Å². The molecule has 0 amide bonds. The summed E-state index contributed by atoms with van der Waals surface area (Å²) >= 11 is 3.39. The van der Waals surface area contributed by atoms with Gasteiger partial charge in [-0.3, -0.25) is 0 Å². The topological polar surface area (TPSA) is 63.3 Å². The number of nitrogens with one attached hydrogen (secondary N) is 1. The average Bonchev–Trinajstić information content (AvgIpc) is 2.28. The second-order valence-corrected chi connectivity index (χ2v) is 3.10. The van der Waals surface area contributed by atoms with Gasteiger partial charge >= 0.3 is 0 Å². The summed E-state index contributed by atoms with van der Waals surface area (Å²) in [6.45, 7) is 0. The van der Waals surface area contributed by atoms with Crippen LogP contribution < -0.4 is 11.1 Å². The number of anilines is 2. The van der Waals surface area contributed by atoms with Gasteiger partial charge in [-0.25, -0.2) is 18.2 Å². The molecular weight excluding hydrogens is 253 g/mol. The number of halogens is 3. The number of pyridine rings is 1. The molecule has 1 rings (SSSR count). The number of nitrogen functional groups attached to an aromatic ring is 1. The molecule has 0 aliphatic rings. The van der Waals surface area contributed by atoms with Gasteiger partial charge in [-0.05, 0) is 18.9 Å². The number of thiol groups is 1. The molecule has 0 saturated heterocycles. The summed E-state index contributed by atoms with van der Waals surface area (Å²) in [6.07, 6.45) is 0.547. The van der Waals surface area contributed by atoms with Crippen LogP contribution in [0, 0.1) is 5.95 Å². The highest BCUT2D eigenvalue weighted by Gasteiger charge is 2.08. The third-order valence-corrected chi connectivity index (χ3v) is 1.96. The molecule has 1 aromatic heterocycles. The van der Waals surface area contributed by atoms with Crippen molar-refractivity contribution < 1.29 is 13.2 Å². The SMILES string of the molecule is Nc1cnc(F)cc1N/C=C/C(=N\S)C(F)F. The predicted molar refractivity (Wildman–Crippen MR) is 63.8 cm³/mol. The standard InChI is InChI=1S/C9H9F3N4S/c10-8-3-7(5(13)4-15-8)14-2-1-6(16-17)9(11)12/h1-4,9,17H,13H2,(H,14,15)/b2-1+,16-6+. The van der Waals surface area contributed by atoms with Crippen LogP contribution in [0.1, 0.15) is 0 Å². The first-order valence-corrected chi connectivity index (χ1v) is 4.78. The number of hydrogen-bond donors (Lipinski definition) is 3. The molecule has 92 valence electrons. The summed E-state index contributed by atoms with van der Waals surface area (Å²) in [5.74, 6) is -0.730. The third-order valence-electron chi connectivity index (χ3n) is 1.73. The molecule has 0 unspecified atom stereocenters. The van der Waals surface area contributed by atoms with Gasteiger partial charge in [0, 0.05) is 12.3 Å². The van der Waals surface area contributed by atoms with E-state index < -0.39 is 18.1 Å². The zero-order valence-corrected chi connectivity index (χ0v) is 9.33. The van der Waals surface area contributed by atoms with Crippen LogP contribution in [0.2, 0.25) is 0 Å². The molecule has 0 fully saturated rings. The van der Waals surface area contributed by atoms with Gasteiger partial charge in [-0.1, -0.05) is 0 Å². The Kier molecular flexibility index (Phi) is 4.83. The largest absolute Gasteiger partial charge is 0.396 e. The fraction of sp³-hybridized carbons (Fsp3) is 0.111. The highest BCUT2D eigenvalue weighted by molar-refractivity contribution is 7.79. The number of nitrogens with zero attached hydrogens (tertiary/aromatic N) is 2. The van der Waals surface area contributed by atoms with E-state index in [0.717, 1.165) is 24.5 Å². The lowest BCUT2D eigenvalue weighted by Gasteiger charge is -2.04. The summed E-state index contributed by atoms with van der Waals surface area (Å²) in [5.41, 5.74) is 5.38. The summed E-state index contributed by atoms with van der Waals surface area (Å²) in [7, 11) is 0. The number of allylic oxidation sites excluding steroid dienone is 1. The Bertz CT molecular complexity index is 448. The van der Waals surface area contributed by atoms with Crippen molar-refractivity contribution in [2.24, 2.45) is 4.40 Å². The minimum Gasteiger partial charge on any atom is -0.396 e. The molecule has 1 heterocycles. The van der Waals surface area contributed by atoms with Crippen LogP contribution in [0.3, 0.4) is 0 Å². The average molecular weight is 262 g/mol. The fourth-order valence-electron chi connectivity index (χ4n) is 0.932. The van der Waals surface area contributed by atoms with Crippen molar-refractivity contribution in [1.29, 1.82) is 0 Å². The van der Waals surface area contributed by atoms with Crippen LogP contribution in [0.15, 0.2) is 28.9 Å². The van der Waals surface area contributed by atoms with E-state index in [0.29, 0.717) is 0 Å². The summed E-state index contributed by atoms with van der Waals surface area (Å²) in [6, 6.07) is 1.04. The number of hydrogen-bond acceptors (Lipinski definition) is 5. The fourth-order valence-corrected chi connectivity index (χ4v) is 1.09. The summed E-state index contributed by atoms with van der Waals surface area (Å²) in [5, 5.41) is 2.54. The van der Waals surface area contributed by atoms with Crippen LogP contribution in [0.25, 0.3) is 0 Å². The Balaban J connectivity index is 2.73. The van der Waals surface area contributed by atoms with Crippen LogP contribution in [0.4, 0.5) is 24.5 Å².